The van der Waals surface area contributed by atoms with Gasteiger partial charge in [-0.15, -0.1) is 0 Å². The van der Waals surface area contributed by atoms with Gasteiger partial charge in [-0.1, -0.05) is 17.7 Å². The molecule has 2 bridgehead atoms. The highest BCUT2D eigenvalue weighted by molar-refractivity contribution is 6.23. The van der Waals surface area contributed by atoms with E-state index >= 15 is 0 Å². The van der Waals surface area contributed by atoms with Gasteiger partial charge in [-0.05, 0) is 61.6 Å². The number of hydrogen-bond acceptors (Lipinski definition) is 6. The number of carbonyl (C=O) groups is 4. The van der Waals surface area contributed by atoms with E-state index in [9.17, 15) is 19.2 Å². The molecular formula is C26H24N2O6. The standard InChI is InChI=1S/C26H24N2O6/c1-14-10-16-11-20(14)23-22(16)24(30)28(25(23)31)18-8-6-15(7-9-18)26(32)34-13-21(29)27-17-4-3-5-19(12-17)33-2/h3-10,12,16,20,22-23H,11,13H2,1-2H3,(H,27,29)/t16-,20+,22-,23+/m0/s1. The Kier molecular flexibility index (Phi) is 5.43. The highest BCUT2D eigenvalue weighted by Gasteiger charge is 2.60. The Bertz CT molecular complexity index is 1220. The molecule has 34 heavy (non-hydrogen) atoms. The maximum absolute atomic E-state index is 13.1. The zero-order valence-electron chi connectivity index (χ0n) is 18.8. The first-order valence-electron chi connectivity index (χ1n) is 11.1. The number of hydrogen-bond donors (Lipinski definition) is 1. The van der Waals surface area contributed by atoms with E-state index in [2.05, 4.69) is 11.4 Å². The molecule has 3 aliphatic rings. The van der Waals surface area contributed by atoms with Gasteiger partial charge in [0, 0.05) is 11.8 Å². The minimum absolute atomic E-state index is 0.133. The van der Waals surface area contributed by atoms with E-state index in [-0.39, 0.29) is 41.0 Å². The first-order valence-corrected chi connectivity index (χ1v) is 11.1. The fourth-order valence-electron chi connectivity index (χ4n) is 5.39. The number of anilines is 2. The van der Waals surface area contributed by atoms with Crippen molar-refractivity contribution in [1.29, 1.82) is 0 Å². The minimum atomic E-state index is -0.679. The summed E-state index contributed by atoms with van der Waals surface area (Å²) in [4.78, 5) is 51.8. The predicted octanol–water partition coefficient (Wildman–Crippen LogP) is 3.19. The lowest BCUT2D eigenvalue weighted by Gasteiger charge is -2.19. The predicted molar refractivity (Wildman–Crippen MR) is 123 cm³/mol. The second-order valence-electron chi connectivity index (χ2n) is 8.88. The highest BCUT2D eigenvalue weighted by Crippen LogP contribution is 2.55. The molecule has 8 nitrogen and oxygen atoms in total. The summed E-state index contributed by atoms with van der Waals surface area (Å²) in [6, 6.07) is 12.9. The number of fused-ring (bicyclic) bond motifs is 5. The number of nitrogens with zero attached hydrogens (tertiary/aromatic N) is 1. The van der Waals surface area contributed by atoms with E-state index in [0.29, 0.717) is 17.1 Å². The van der Waals surface area contributed by atoms with E-state index in [1.54, 1.807) is 36.4 Å². The average Bonchev–Trinajstić information content (AvgIpc) is 3.48. The van der Waals surface area contributed by atoms with Gasteiger partial charge in [-0.25, -0.2) is 4.79 Å². The van der Waals surface area contributed by atoms with Crippen molar-refractivity contribution in [3.63, 3.8) is 0 Å². The van der Waals surface area contributed by atoms with Gasteiger partial charge in [0.05, 0.1) is 30.2 Å². The molecule has 1 aliphatic heterocycles. The average molecular weight is 460 g/mol. The lowest BCUT2D eigenvalue weighted by Crippen LogP contribution is -2.33. The van der Waals surface area contributed by atoms with Gasteiger partial charge < -0.3 is 14.8 Å². The first kappa shape index (κ1) is 21.9. The molecule has 5 rings (SSSR count). The number of benzene rings is 2. The van der Waals surface area contributed by atoms with Crippen molar-refractivity contribution >= 4 is 35.1 Å². The van der Waals surface area contributed by atoms with Crippen LogP contribution in [0.15, 0.2) is 60.2 Å². The van der Waals surface area contributed by atoms with E-state index in [0.717, 1.165) is 6.42 Å². The van der Waals surface area contributed by atoms with Gasteiger partial charge in [-0.2, -0.15) is 0 Å². The van der Waals surface area contributed by atoms with Gasteiger partial charge >= 0.3 is 5.97 Å². The van der Waals surface area contributed by atoms with Crippen molar-refractivity contribution in [3.05, 3.63) is 65.7 Å². The van der Waals surface area contributed by atoms with Crippen molar-refractivity contribution < 1.29 is 28.7 Å². The summed E-state index contributed by atoms with van der Waals surface area (Å²) in [6.07, 6.45) is 3.01. The molecule has 8 heteroatoms. The molecule has 4 atom stereocenters. The summed E-state index contributed by atoms with van der Waals surface area (Å²) in [7, 11) is 1.52. The Morgan fingerprint density at radius 3 is 2.53 bits per heavy atom. The number of esters is 1. The smallest absolute Gasteiger partial charge is 0.338 e. The first-order chi connectivity index (χ1) is 16.4. The van der Waals surface area contributed by atoms with Crippen molar-refractivity contribution in [2.24, 2.45) is 23.7 Å². The van der Waals surface area contributed by atoms with Crippen LogP contribution in [0.2, 0.25) is 0 Å². The van der Waals surface area contributed by atoms with E-state index < -0.39 is 18.5 Å². The SMILES string of the molecule is COc1cccc(NC(=O)COC(=O)c2ccc(N3C(=O)[C@@H]4[C@H](C3=O)[C@@H]3C[C@@H]4C=C3C)cc2)c1. The van der Waals surface area contributed by atoms with E-state index in [1.165, 1.54) is 29.7 Å². The van der Waals surface area contributed by atoms with Crippen molar-refractivity contribution in [2.45, 2.75) is 13.3 Å². The summed E-state index contributed by atoms with van der Waals surface area (Å²) in [5, 5.41) is 2.63. The Morgan fingerprint density at radius 2 is 1.79 bits per heavy atom. The Labute approximate surface area is 196 Å². The molecule has 3 amide bonds. The lowest BCUT2D eigenvalue weighted by atomic mass is 9.82. The van der Waals surface area contributed by atoms with Gasteiger partial charge in [-0.3, -0.25) is 19.3 Å². The van der Waals surface area contributed by atoms with Crippen LogP contribution in [-0.4, -0.2) is 37.4 Å². The summed E-state index contributed by atoms with van der Waals surface area (Å²) in [5.74, 6) is -1.20. The number of methoxy groups -OCH3 is 1. The topological polar surface area (TPSA) is 102 Å². The molecule has 2 aliphatic carbocycles. The van der Waals surface area contributed by atoms with Gasteiger partial charge in [0.2, 0.25) is 11.8 Å². The van der Waals surface area contributed by atoms with Crippen LogP contribution in [-0.2, 0) is 19.1 Å². The molecule has 0 radical (unpaired) electrons. The van der Waals surface area contributed by atoms with Gasteiger partial charge in [0.25, 0.3) is 5.91 Å². The van der Waals surface area contributed by atoms with E-state index in [4.69, 9.17) is 9.47 Å². The van der Waals surface area contributed by atoms with Crippen molar-refractivity contribution in [1.82, 2.24) is 0 Å². The normalized spacial score (nSPS) is 24.6. The summed E-state index contributed by atoms with van der Waals surface area (Å²) >= 11 is 0. The Balaban J connectivity index is 1.20. The summed E-state index contributed by atoms with van der Waals surface area (Å²) in [6.45, 7) is 1.57. The molecule has 174 valence electrons. The molecule has 0 spiro atoms. The number of ether oxygens (including phenoxy) is 2. The Morgan fingerprint density at radius 1 is 1.06 bits per heavy atom. The van der Waals surface area contributed by atoms with Crippen LogP contribution < -0.4 is 15.0 Å². The molecule has 1 saturated heterocycles. The fourth-order valence-corrected chi connectivity index (χ4v) is 5.39. The van der Waals surface area contributed by atoms with Gasteiger partial charge in [0.15, 0.2) is 6.61 Å². The maximum atomic E-state index is 13.1. The summed E-state index contributed by atoms with van der Waals surface area (Å²) < 4.78 is 10.2. The van der Waals surface area contributed by atoms with Gasteiger partial charge in [0.1, 0.15) is 5.75 Å². The monoisotopic (exact) mass is 460 g/mol. The van der Waals surface area contributed by atoms with E-state index in [1.807, 2.05) is 6.92 Å². The second-order valence-corrected chi connectivity index (χ2v) is 8.88. The molecule has 2 fully saturated rings. The Hall–Kier alpha value is -3.94. The quantitative estimate of drug-likeness (QED) is 0.404. The zero-order valence-corrected chi connectivity index (χ0v) is 18.8. The number of imide groups is 1. The van der Waals surface area contributed by atoms with Crippen LogP contribution in [0.1, 0.15) is 23.7 Å². The molecule has 1 N–H and O–H groups in total. The molecule has 2 aromatic carbocycles. The minimum Gasteiger partial charge on any atom is -0.497 e. The van der Waals surface area contributed by atoms with Crippen LogP contribution in [0.5, 0.6) is 5.75 Å². The second kappa shape index (κ2) is 8.44. The number of carbonyl (C=O) groups excluding carboxylic acids is 4. The number of nitrogens with one attached hydrogen (secondary N) is 1. The maximum Gasteiger partial charge on any atom is 0.338 e. The number of rotatable bonds is 6. The molecule has 1 heterocycles. The zero-order chi connectivity index (χ0) is 24.0. The summed E-state index contributed by atoms with van der Waals surface area (Å²) in [5.41, 5.74) is 2.37. The molecular weight excluding hydrogens is 436 g/mol. The molecule has 1 saturated carbocycles. The third-order valence-electron chi connectivity index (χ3n) is 6.93. The third-order valence-corrected chi connectivity index (χ3v) is 6.93. The number of amides is 3. The van der Waals surface area contributed by atoms with Crippen LogP contribution in [0.3, 0.4) is 0 Å². The fraction of sp³-hybridized carbons (Fsp3) is 0.308. The largest absolute Gasteiger partial charge is 0.497 e. The van der Waals surface area contributed by atoms with Crippen molar-refractivity contribution in [2.75, 3.05) is 23.9 Å². The van der Waals surface area contributed by atoms with Crippen LogP contribution >= 0.6 is 0 Å². The lowest BCUT2D eigenvalue weighted by molar-refractivity contribution is -0.123. The van der Waals surface area contributed by atoms with Crippen molar-refractivity contribution in [3.8, 4) is 5.75 Å². The van der Waals surface area contributed by atoms with Crippen LogP contribution in [0, 0.1) is 23.7 Å². The van der Waals surface area contributed by atoms with Crippen LogP contribution in [0.4, 0.5) is 11.4 Å². The van der Waals surface area contributed by atoms with Crippen LogP contribution in [0.25, 0.3) is 0 Å². The number of allylic oxidation sites excluding steroid dienone is 2. The molecule has 0 aromatic heterocycles. The molecule has 0 unspecified atom stereocenters. The molecule has 2 aromatic rings. The third kappa shape index (κ3) is 3.65. The highest BCUT2D eigenvalue weighted by atomic mass is 16.5.